The van der Waals surface area contributed by atoms with E-state index in [4.69, 9.17) is 9.47 Å². The lowest BCUT2D eigenvalue weighted by Crippen LogP contribution is -2.36. The van der Waals surface area contributed by atoms with E-state index >= 15 is 0 Å². The summed E-state index contributed by atoms with van der Waals surface area (Å²) < 4.78 is 11.2. The average Bonchev–Trinajstić information content (AvgIpc) is 2.68. The van der Waals surface area contributed by atoms with Gasteiger partial charge in [-0.25, -0.2) is 0 Å². The third-order valence-corrected chi connectivity index (χ3v) is 3.33. The fourth-order valence-electron chi connectivity index (χ4n) is 2.56. The summed E-state index contributed by atoms with van der Waals surface area (Å²) >= 11 is 0. The summed E-state index contributed by atoms with van der Waals surface area (Å²) in [5.74, 6) is 0.0322. The van der Waals surface area contributed by atoms with Gasteiger partial charge >= 0.3 is 5.97 Å². The van der Waals surface area contributed by atoms with E-state index in [1.165, 1.54) is 0 Å². The second kappa shape index (κ2) is 5.15. The van der Waals surface area contributed by atoms with Crippen LogP contribution >= 0.6 is 0 Å². The van der Waals surface area contributed by atoms with E-state index in [1.807, 2.05) is 13.8 Å². The highest BCUT2D eigenvalue weighted by Gasteiger charge is 2.30. The first kappa shape index (κ1) is 11.9. The number of carbonyl (C=O) groups is 1. The molecule has 4 heteroatoms. The van der Waals surface area contributed by atoms with Crippen LogP contribution < -0.4 is 5.32 Å². The summed E-state index contributed by atoms with van der Waals surface area (Å²) in [5.41, 5.74) is 0. The zero-order valence-electron chi connectivity index (χ0n) is 10.1. The number of rotatable bonds is 2. The topological polar surface area (TPSA) is 47.6 Å². The molecule has 2 rings (SSSR count). The van der Waals surface area contributed by atoms with E-state index in [0.29, 0.717) is 0 Å². The molecule has 0 spiro atoms. The summed E-state index contributed by atoms with van der Waals surface area (Å²) in [5, 5.41) is 3.18. The minimum absolute atomic E-state index is 0.0312. The van der Waals surface area contributed by atoms with Crippen molar-refractivity contribution < 1.29 is 14.3 Å². The Balaban J connectivity index is 1.81. The van der Waals surface area contributed by atoms with Gasteiger partial charge < -0.3 is 14.8 Å². The van der Waals surface area contributed by atoms with Crippen molar-refractivity contribution in [3.63, 3.8) is 0 Å². The van der Waals surface area contributed by atoms with Crippen molar-refractivity contribution >= 4 is 5.97 Å². The van der Waals surface area contributed by atoms with Gasteiger partial charge in [0.2, 0.25) is 0 Å². The Morgan fingerprint density at radius 3 is 2.56 bits per heavy atom. The maximum Gasteiger partial charge on any atom is 0.310 e. The van der Waals surface area contributed by atoms with Crippen LogP contribution in [-0.4, -0.2) is 37.4 Å². The van der Waals surface area contributed by atoms with Crippen LogP contribution in [-0.2, 0) is 14.3 Å². The molecule has 0 aromatic heterocycles. The number of carbonyl (C=O) groups excluding carboxylic acids is 1. The quantitative estimate of drug-likeness (QED) is 0.718. The van der Waals surface area contributed by atoms with Crippen molar-refractivity contribution in [3.05, 3.63) is 0 Å². The minimum Gasteiger partial charge on any atom is -0.462 e. The minimum atomic E-state index is -0.0312. The largest absolute Gasteiger partial charge is 0.462 e. The summed E-state index contributed by atoms with van der Waals surface area (Å²) in [6.45, 7) is 5.77. The van der Waals surface area contributed by atoms with Gasteiger partial charge in [0.25, 0.3) is 0 Å². The average molecular weight is 227 g/mol. The molecular weight excluding hydrogens is 206 g/mol. The Bertz CT molecular complexity index is 241. The van der Waals surface area contributed by atoms with Crippen molar-refractivity contribution in [1.82, 2.24) is 5.32 Å². The highest BCUT2D eigenvalue weighted by atomic mass is 16.6. The van der Waals surface area contributed by atoms with E-state index < -0.39 is 0 Å². The normalized spacial score (nSPS) is 39.6. The highest BCUT2D eigenvalue weighted by Crippen LogP contribution is 2.23. The van der Waals surface area contributed by atoms with Gasteiger partial charge in [-0.05, 0) is 26.8 Å². The van der Waals surface area contributed by atoms with Crippen LogP contribution in [0.4, 0.5) is 0 Å². The molecule has 1 N–H and O–H groups in total. The van der Waals surface area contributed by atoms with Crippen LogP contribution in [0.5, 0.6) is 0 Å². The fourth-order valence-corrected chi connectivity index (χ4v) is 2.56. The van der Waals surface area contributed by atoms with Gasteiger partial charge in [0.15, 0.2) is 0 Å². The Labute approximate surface area is 96.7 Å². The molecule has 3 atom stereocenters. The molecule has 0 radical (unpaired) electrons. The number of nitrogens with one attached hydrogen (secondary N) is 1. The van der Waals surface area contributed by atoms with E-state index in [9.17, 15) is 4.79 Å². The first-order valence-corrected chi connectivity index (χ1v) is 6.22. The van der Waals surface area contributed by atoms with E-state index in [0.717, 1.165) is 32.4 Å². The maximum atomic E-state index is 11.8. The van der Waals surface area contributed by atoms with Gasteiger partial charge in [0.05, 0.1) is 18.1 Å². The molecular formula is C12H21NO3. The number of esters is 1. The molecule has 0 saturated carbocycles. The summed E-state index contributed by atoms with van der Waals surface area (Å²) in [6, 6.07) is 0. The predicted octanol–water partition coefficient (Wildman–Crippen LogP) is 1.10. The Morgan fingerprint density at radius 2 is 2.00 bits per heavy atom. The van der Waals surface area contributed by atoms with Crippen LogP contribution in [0.15, 0.2) is 0 Å². The molecule has 2 saturated heterocycles. The molecule has 2 aliphatic rings. The molecule has 92 valence electrons. The van der Waals surface area contributed by atoms with Gasteiger partial charge in [-0.3, -0.25) is 4.79 Å². The molecule has 0 aromatic rings. The molecule has 3 unspecified atom stereocenters. The van der Waals surface area contributed by atoms with Crippen LogP contribution in [0.25, 0.3) is 0 Å². The lowest BCUT2D eigenvalue weighted by atomic mass is 10.0. The molecule has 2 heterocycles. The van der Waals surface area contributed by atoms with Gasteiger partial charge in [0.1, 0.15) is 6.10 Å². The van der Waals surface area contributed by atoms with Crippen LogP contribution in [0, 0.1) is 5.92 Å². The third-order valence-electron chi connectivity index (χ3n) is 3.33. The second-order valence-corrected chi connectivity index (χ2v) is 4.98. The Morgan fingerprint density at radius 1 is 1.31 bits per heavy atom. The second-order valence-electron chi connectivity index (χ2n) is 4.98. The third kappa shape index (κ3) is 2.95. The number of hydrogen-bond donors (Lipinski definition) is 1. The van der Waals surface area contributed by atoms with Crippen LogP contribution in [0.3, 0.4) is 0 Å². The predicted molar refractivity (Wildman–Crippen MR) is 60.1 cm³/mol. The standard InChI is InChI=1S/C12H21NO3/c1-8-5-11(6-9(2)15-8)16-12(14)10-3-4-13-7-10/h8-11,13H,3-7H2,1-2H3. The van der Waals surface area contributed by atoms with Crippen molar-refractivity contribution in [2.24, 2.45) is 5.92 Å². The summed E-state index contributed by atoms with van der Waals surface area (Å²) in [6.07, 6.45) is 3.01. The summed E-state index contributed by atoms with van der Waals surface area (Å²) in [4.78, 5) is 11.8. The van der Waals surface area contributed by atoms with Gasteiger partial charge in [-0.2, -0.15) is 0 Å². The smallest absolute Gasteiger partial charge is 0.310 e. The van der Waals surface area contributed by atoms with Crippen molar-refractivity contribution in [2.45, 2.75) is 51.4 Å². The van der Waals surface area contributed by atoms with Crippen molar-refractivity contribution in [1.29, 1.82) is 0 Å². The molecule has 4 nitrogen and oxygen atoms in total. The van der Waals surface area contributed by atoms with Gasteiger partial charge in [0, 0.05) is 19.4 Å². The van der Waals surface area contributed by atoms with E-state index in [1.54, 1.807) is 0 Å². The lowest BCUT2D eigenvalue weighted by Gasteiger charge is -2.32. The summed E-state index contributed by atoms with van der Waals surface area (Å²) in [7, 11) is 0. The van der Waals surface area contributed by atoms with Gasteiger partial charge in [-0.15, -0.1) is 0 Å². The van der Waals surface area contributed by atoms with E-state index in [2.05, 4.69) is 5.32 Å². The molecule has 0 amide bonds. The van der Waals surface area contributed by atoms with Gasteiger partial charge in [-0.1, -0.05) is 0 Å². The Kier molecular flexibility index (Phi) is 3.82. The number of ether oxygens (including phenoxy) is 2. The first-order valence-electron chi connectivity index (χ1n) is 6.22. The maximum absolute atomic E-state index is 11.8. The van der Waals surface area contributed by atoms with Crippen molar-refractivity contribution in [3.8, 4) is 0 Å². The monoisotopic (exact) mass is 227 g/mol. The first-order chi connectivity index (χ1) is 7.65. The zero-order chi connectivity index (χ0) is 11.5. The van der Waals surface area contributed by atoms with Crippen LogP contribution in [0.1, 0.15) is 33.1 Å². The van der Waals surface area contributed by atoms with E-state index in [-0.39, 0.29) is 30.2 Å². The molecule has 16 heavy (non-hydrogen) atoms. The molecule has 0 aromatic carbocycles. The molecule has 0 bridgehead atoms. The lowest BCUT2D eigenvalue weighted by molar-refractivity contribution is -0.163. The fraction of sp³-hybridized carbons (Fsp3) is 0.917. The Hall–Kier alpha value is -0.610. The molecule has 0 aliphatic carbocycles. The molecule has 2 aliphatic heterocycles. The number of hydrogen-bond acceptors (Lipinski definition) is 4. The highest BCUT2D eigenvalue weighted by molar-refractivity contribution is 5.73. The SMILES string of the molecule is CC1CC(OC(=O)C2CCNC2)CC(C)O1. The molecule has 2 fully saturated rings. The van der Waals surface area contributed by atoms with Crippen molar-refractivity contribution in [2.75, 3.05) is 13.1 Å². The van der Waals surface area contributed by atoms with Crippen LogP contribution in [0.2, 0.25) is 0 Å². The zero-order valence-corrected chi connectivity index (χ0v) is 10.1.